The van der Waals surface area contributed by atoms with Gasteiger partial charge < -0.3 is 15.5 Å². The normalized spacial score (nSPS) is 11.9. The van der Waals surface area contributed by atoms with Crippen LogP contribution in [0.2, 0.25) is 0 Å². The van der Waals surface area contributed by atoms with Gasteiger partial charge in [0.2, 0.25) is 0 Å². The molecule has 3 N–H and O–H groups in total. The number of aliphatic hydroxyl groups excluding tert-OH is 2. The van der Waals surface area contributed by atoms with Crippen molar-refractivity contribution in [3.63, 3.8) is 0 Å². The van der Waals surface area contributed by atoms with Gasteiger partial charge in [-0.15, -0.1) is 0 Å². The highest BCUT2D eigenvalue weighted by atomic mass is 16.3. The lowest BCUT2D eigenvalue weighted by atomic mass is 10.1. The van der Waals surface area contributed by atoms with E-state index in [4.69, 9.17) is 5.11 Å². The van der Waals surface area contributed by atoms with Crippen molar-refractivity contribution in [2.24, 2.45) is 0 Å². The second kappa shape index (κ2) is 6.84. The molecule has 1 amide bonds. The summed E-state index contributed by atoms with van der Waals surface area (Å²) < 4.78 is 0. The fraction of sp³-hybridized carbons (Fsp3) is 0.188. The molecule has 0 aliphatic carbocycles. The molecule has 4 heteroatoms. The number of carbonyl (C=O) groups is 1. The van der Waals surface area contributed by atoms with Crippen LogP contribution in [0.4, 0.5) is 0 Å². The van der Waals surface area contributed by atoms with Gasteiger partial charge in [0, 0.05) is 5.56 Å². The highest BCUT2D eigenvalue weighted by Crippen LogP contribution is 2.13. The second-order valence-corrected chi connectivity index (χ2v) is 4.47. The summed E-state index contributed by atoms with van der Waals surface area (Å²) in [6, 6.07) is 15.6. The third-order valence-electron chi connectivity index (χ3n) is 3.09. The van der Waals surface area contributed by atoms with Gasteiger partial charge in [0.05, 0.1) is 19.3 Å². The Hall–Kier alpha value is -2.17. The van der Waals surface area contributed by atoms with Crippen LogP contribution in [0.3, 0.4) is 0 Å². The Morgan fingerprint density at radius 3 is 2.20 bits per heavy atom. The van der Waals surface area contributed by atoms with Crippen LogP contribution in [0.15, 0.2) is 54.6 Å². The van der Waals surface area contributed by atoms with E-state index in [1.54, 1.807) is 24.3 Å². The van der Waals surface area contributed by atoms with E-state index in [0.29, 0.717) is 5.56 Å². The Kier molecular flexibility index (Phi) is 4.87. The zero-order chi connectivity index (χ0) is 14.4. The van der Waals surface area contributed by atoms with Crippen LogP contribution >= 0.6 is 0 Å². The highest BCUT2D eigenvalue weighted by molar-refractivity contribution is 5.94. The topological polar surface area (TPSA) is 69.6 Å². The Morgan fingerprint density at radius 1 is 1.00 bits per heavy atom. The summed E-state index contributed by atoms with van der Waals surface area (Å²) in [5, 5.41) is 21.2. The summed E-state index contributed by atoms with van der Waals surface area (Å²) in [5.74, 6) is -0.252. The first kappa shape index (κ1) is 14.2. The molecule has 0 fully saturated rings. The third kappa shape index (κ3) is 3.44. The molecule has 0 spiro atoms. The molecule has 0 bridgehead atoms. The first-order valence-corrected chi connectivity index (χ1v) is 6.41. The average molecular weight is 271 g/mol. The van der Waals surface area contributed by atoms with E-state index in [-0.39, 0.29) is 19.1 Å². The molecule has 20 heavy (non-hydrogen) atoms. The highest BCUT2D eigenvalue weighted by Gasteiger charge is 2.14. The van der Waals surface area contributed by atoms with Crippen molar-refractivity contribution in [2.45, 2.75) is 12.6 Å². The standard InChI is InChI=1S/C16H17NO3/c18-10-12-6-8-14(9-7-12)16(20)17-15(11-19)13-4-2-1-3-5-13/h1-9,15,18-19H,10-11H2,(H,17,20)/t15-/m0/s1. The largest absolute Gasteiger partial charge is 0.394 e. The molecule has 2 rings (SSSR count). The lowest BCUT2D eigenvalue weighted by Crippen LogP contribution is -2.30. The predicted molar refractivity (Wildman–Crippen MR) is 76.1 cm³/mol. The molecule has 4 nitrogen and oxygen atoms in total. The number of amides is 1. The minimum Gasteiger partial charge on any atom is -0.394 e. The van der Waals surface area contributed by atoms with Crippen LogP contribution in [-0.4, -0.2) is 22.7 Å². The van der Waals surface area contributed by atoms with Crippen LogP contribution in [0.25, 0.3) is 0 Å². The van der Waals surface area contributed by atoms with E-state index in [2.05, 4.69) is 5.32 Å². The summed E-state index contributed by atoms with van der Waals surface area (Å²) in [5.41, 5.74) is 2.11. The smallest absolute Gasteiger partial charge is 0.251 e. The maximum absolute atomic E-state index is 12.1. The fourth-order valence-electron chi connectivity index (χ4n) is 1.92. The number of nitrogens with one attached hydrogen (secondary N) is 1. The summed E-state index contributed by atoms with van der Waals surface area (Å²) in [6.07, 6.45) is 0. The molecule has 0 aromatic heterocycles. The number of hydrogen-bond acceptors (Lipinski definition) is 3. The molecule has 0 saturated heterocycles. The summed E-state index contributed by atoms with van der Waals surface area (Å²) in [6.45, 7) is -0.213. The van der Waals surface area contributed by atoms with Gasteiger partial charge >= 0.3 is 0 Å². The van der Waals surface area contributed by atoms with E-state index in [1.165, 1.54) is 0 Å². The maximum atomic E-state index is 12.1. The van der Waals surface area contributed by atoms with Crippen LogP contribution in [0.5, 0.6) is 0 Å². The van der Waals surface area contributed by atoms with Gasteiger partial charge in [-0.25, -0.2) is 0 Å². The Morgan fingerprint density at radius 2 is 1.65 bits per heavy atom. The minimum absolute atomic E-state index is 0.0504. The number of hydrogen-bond donors (Lipinski definition) is 3. The van der Waals surface area contributed by atoms with E-state index in [9.17, 15) is 9.90 Å². The van der Waals surface area contributed by atoms with Crippen molar-refractivity contribution < 1.29 is 15.0 Å². The molecule has 1 atom stereocenters. The van der Waals surface area contributed by atoms with Gasteiger partial charge in [-0.1, -0.05) is 42.5 Å². The van der Waals surface area contributed by atoms with Crippen molar-refractivity contribution in [2.75, 3.05) is 6.61 Å². The van der Waals surface area contributed by atoms with Gasteiger partial charge in [0.1, 0.15) is 0 Å². The molecule has 2 aromatic carbocycles. The van der Waals surface area contributed by atoms with Gasteiger partial charge in [-0.3, -0.25) is 4.79 Å². The van der Waals surface area contributed by atoms with Gasteiger partial charge in [0.15, 0.2) is 0 Å². The van der Waals surface area contributed by atoms with E-state index >= 15 is 0 Å². The van der Waals surface area contributed by atoms with Crippen LogP contribution in [0.1, 0.15) is 27.5 Å². The molecule has 0 saturated carbocycles. The molecule has 2 aromatic rings. The third-order valence-corrected chi connectivity index (χ3v) is 3.09. The summed E-state index contributed by atoms with van der Waals surface area (Å²) >= 11 is 0. The molecule has 0 unspecified atom stereocenters. The van der Waals surface area contributed by atoms with E-state index in [1.807, 2.05) is 30.3 Å². The van der Waals surface area contributed by atoms with Crippen molar-refractivity contribution in [1.29, 1.82) is 0 Å². The number of rotatable bonds is 5. The van der Waals surface area contributed by atoms with Gasteiger partial charge in [-0.05, 0) is 23.3 Å². The molecule has 0 radical (unpaired) electrons. The monoisotopic (exact) mass is 271 g/mol. The summed E-state index contributed by atoms with van der Waals surface area (Å²) in [4.78, 5) is 12.1. The average Bonchev–Trinajstić information content (AvgIpc) is 2.53. The second-order valence-electron chi connectivity index (χ2n) is 4.47. The molecule has 104 valence electrons. The zero-order valence-corrected chi connectivity index (χ0v) is 11.0. The SMILES string of the molecule is O=C(N[C@@H](CO)c1ccccc1)c1ccc(CO)cc1. The van der Waals surface area contributed by atoms with Crippen molar-refractivity contribution >= 4 is 5.91 Å². The molecule has 0 aliphatic rings. The van der Waals surface area contributed by atoms with Crippen LogP contribution in [0, 0.1) is 0 Å². The van der Waals surface area contributed by atoms with Gasteiger partial charge in [-0.2, -0.15) is 0 Å². The maximum Gasteiger partial charge on any atom is 0.251 e. The molecule has 0 aliphatic heterocycles. The Bertz CT molecular complexity index is 552. The zero-order valence-electron chi connectivity index (χ0n) is 11.0. The van der Waals surface area contributed by atoms with Crippen molar-refractivity contribution in [1.82, 2.24) is 5.32 Å². The number of aliphatic hydroxyl groups is 2. The van der Waals surface area contributed by atoms with Crippen LogP contribution < -0.4 is 5.32 Å². The molecule has 0 heterocycles. The lowest BCUT2D eigenvalue weighted by Gasteiger charge is -2.16. The van der Waals surface area contributed by atoms with Crippen molar-refractivity contribution in [3.05, 3.63) is 71.3 Å². The quantitative estimate of drug-likeness (QED) is 0.774. The number of carbonyl (C=O) groups excluding carboxylic acids is 1. The Labute approximate surface area is 117 Å². The van der Waals surface area contributed by atoms with Crippen molar-refractivity contribution in [3.8, 4) is 0 Å². The lowest BCUT2D eigenvalue weighted by molar-refractivity contribution is 0.0916. The first-order chi connectivity index (χ1) is 9.74. The van der Waals surface area contributed by atoms with E-state index < -0.39 is 6.04 Å². The Balaban J connectivity index is 2.09. The molecular weight excluding hydrogens is 254 g/mol. The van der Waals surface area contributed by atoms with Gasteiger partial charge in [0.25, 0.3) is 5.91 Å². The number of benzene rings is 2. The predicted octanol–water partition coefficient (Wildman–Crippen LogP) is 1.64. The summed E-state index contributed by atoms with van der Waals surface area (Å²) in [7, 11) is 0. The van der Waals surface area contributed by atoms with E-state index in [0.717, 1.165) is 11.1 Å². The van der Waals surface area contributed by atoms with Crippen LogP contribution in [-0.2, 0) is 6.61 Å². The molecular formula is C16H17NO3. The fourth-order valence-corrected chi connectivity index (χ4v) is 1.92. The first-order valence-electron chi connectivity index (χ1n) is 6.41. The minimum atomic E-state index is -0.429.